The van der Waals surface area contributed by atoms with Crippen LogP contribution in [0.5, 0.6) is 0 Å². The lowest BCUT2D eigenvalue weighted by molar-refractivity contribution is -0.133. The number of hydrogen-bond acceptors (Lipinski definition) is 4. The highest BCUT2D eigenvalue weighted by atomic mass is 16.4. The standard InChI is InChI=1S/C17H20N2O4/c1-3-5-12-15(17(22)23)14(10-6-4-7-11(18)8-10)13(16(20)21)9(2)19-12/h4,6-8,14,19H,3,5,18H2,1-2H3,(H,20,21)(H,22,23). The Bertz CT molecular complexity index is 719. The summed E-state index contributed by atoms with van der Waals surface area (Å²) in [6, 6.07) is 6.70. The highest BCUT2D eigenvalue weighted by molar-refractivity contribution is 5.98. The molecule has 1 aliphatic rings. The molecular weight excluding hydrogens is 296 g/mol. The van der Waals surface area contributed by atoms with Crippen molar-refractivity contribution in [1.82, 2.24) is 5.32 Å². The summed E-state index contributed by atoms with van der Waals surface area (Å²) in [5.74, 6) is -3.12. The van der Waals surface area contributed by atoms with Crippen molar-refractivity contribution < 1.29 is 19.8 Å². The number of hydrogen-bond donors (Lipinski definition) is 4. The zero-order valence-electron chi connectivity index (χ0n) is 13.1. The van der Waals surface area contributed by atoms with E-state index in [0.717, 1.165) is 6.42 Å². The summed E-state index contributed by atoms with van der Waals surface area (Å²) in [5, 5.41) is 22.2. The molecule has 0 spiro atoms. The fraction of sp³-hybridized carbons (Fsp3) is 0.294. The molecule has 23 heavy (non-hydrogen) atoms. The second-order valence-corrected chi connectivity index (χ2v) is 5.52. The molecule has 1 unspecified atom stereocenters. The summed E-state index contributed by atoms with van der Waals surface area (Å²) in [7, 11) is 0. The fourth-order valence-corrected chi connectivity index (χ4v) is 2.95. The smallest absolute Gasteiger partial charge is 0.334 e. The predicted molar refractivity (Wildman–Crippen MR) is 86.6 cm³/mol. The van der Waals surface area contributed by atoms with Crippen molar-refractivity contribution >= 4 is 17.6 Å². The van der Waals surface area contributed by atoms with Crippen LogP contribution in [0.1, 0.15) is 38.2 Å². The maximum Gasteiger partial charge on any atom is 0.334 e. The first-order valence-corrected chi connectivity index (χ1v) is 7.39. The Morgan fingerprint density at radius 1 is 1.22 bits per heavy atom. The van der Waals surface area contributed by atoms with Crippen LogP contribution in [-0.4, -0.2) is 22.2 Å². The van der Waals surface area contributed by atoms with Crippen LogP contribution in [0, 0.1) is 0 Å². The minimum atomic E-state index is -1.14. The SMILES string of the molecule is CCCC1=C(C(=O)O)C(c2cccc(N)c2)C(C(=O)O)=C(C)N1. The summed E-state index contributed by atoms with van der Waals surface area (Å²) in [5.41, 5.74) is 7.93. The van der Waals surface area contributed by atoms with Crippen molar-refractivity contribution in [2.24, 2.45) is 0 Å². The number of nitrogen functional groups attached to an aromatic ring is 1. The first-order valence-electron chi connectivity index (χ1n) is 7.39. The Morgan fingerprint density at radius 2 is 1.87 bits per heavy atom. The summed E-state index contributed by atoms with van der Waals surface area (Å²) in [6.45, 7) is 3.59. The number of nitrogens with one attached hydrogen (secondary N) is 1. The van der Waals surface area contributed by atoms with Gasteiger partial charge >= 0.3 is 11.9 Å². The van der Waals surface area contributed by atoms with Gasteiger partial charge in [-0.1, -0.05) is 25.5 Å². The van der Waals surface area contributed by atoms with Gasteiger partial charge < -0.3 is 21.3 Å². The number of nitrogens with two attached hydrogens (primary N) is 1. The number of allylic oxidation sites excluding steroid dienone is 2. The molecule has 0 bridgehead atoms. The Kier molecular flexibility index (Phi) is 4.74. The van der Waals surface area contributed by atoms with E-state index in [1.54, 1.807) is 31.2 Å². The van der Waals surface area contributed by atoms with Crippen molar-refractivity contribution in [2.45, 2.75) is 32.6 Å². The highest BCUT2D eigenvalue weighted by Gasteiger charge is 2.37. The summed E-state index contributed by atoms with van der Waals surface area (Å²) >= 11 is 0. The van der Waals surface area contributed by atoms with Crippen LogP contribution < -0.4 is 11.1 Å². The summed E-state index contributed by atoms with van der Waals surface area (Å²) in [6.07, 6.45) is 1.28. The lowest BCUT2D eigenvalue weighted by Crippen LogP contribution is -2.32. The molecule has 1 aliphatic heterocycles. The molecule has 0 fully saturated rings. The van der Waals surface area contributed by atoms with E-state index in [9.17, 15) is 19.8 Å². The number of carboxylic acid groups (broad SMARTS) is 2. The number of aliphatic carboxylic acids is 2. The zero-order chi connectivity index (χ0) is 17.1. The highest BCUT2D eigenvalue weighted by Crippen LogP contribution is 2.39. The van der Waals surface area contributed by atoms with Crippen LogP contribution in [0.2, 0.25) is 0 Å². The molecule has 1 atom stereocenters. The average Bonchev–Trinajstić information content (AvgIpc) is 2.45. The second kappa shape index (κ2) is 6.56. The molecule has 122 valence electrons. The van der Waals surface area contributed by atoms with Gasteiger partial charge in [-0.15, -0.1) is 0 Å². The number of carboxylic acids is 2. The van der Waals surface area contributed by atoms with Gasteiger partial charge in [-0.25, -0.2) is 9.59 Å². The van der Waals surface area contributed by atoms with Gasteiger partial charge in [0.25, 0.3) is 0 Å². The van der Waals surface area contributed by atoms with Crippen molar-refractivity contribution in [1.29, 1.82) is 0 Å². The molecular formula is C17H20N2O4. The van der Waals surface area contributed by atoms with E-state index in [1.165, 1.54) is 0 Å². The monoisotopic (exact) mass is 316 g/mol. The van der Waals surface area contributed by atoms with Gasteiger partial charge in [0.05, 0.1) is 17.1 Å². The van der Waals surface area contributed by atoms with E-state index >= 15 is 0 Å². The minimum absolute atomic E-state index is 0.0350. The second-order valence-electron chi connectivity index (χ2n) is 5.52. The van der Waals surface area contributed by atoms with E-state index in [2.05, 4.69) is 5.32 Å². The van der Waals surface area contributed by atoms with Crippen molar-refractivity contribution in [3.8, 4) is 0 Å². The molecule has 0 saturated carbocycles. The Labute approximate surface area is 134 Å². The van der Waals surface area contributed by atoms with Gasteiger partial charge in [0, 0.05) is 17.1 Å². The maximum absolute atomic E-state index is 11.8. The van der Waals surface area contributed by atoms with Gasteiger partial charge in [0.2, 0.25) is 0 Å². The maximum atomic E-state index is 11.8. The summed E-state index contributed by atoms with van der Waals surface area (Å²) in [4.78, 5) is 23.6. The molecule has 0 radical (unpaired) electrons. The molecule has 1 aromatic rings. The van der Waals surface area contributed by atoms with Crippen LogP contribution in [0.15, 0.2) is 46.8 Å². The van der Waals surface area contributed by atoms with Crippen LogP contribution in [0.3, 0.4) is 0 Å². The van der Waals surface area contributed by atoms with Gasteiger partial charge in [-0.3, -0.25) is 0 Å². The lowest BCUT2D eigenvalue weighted by Gasteiger charge is -2.30. The normalized spacial score (nSPS) is 17.9. The van der Waals surface area contributed by atoms with Crippen LogP contribution in [0.25, 0.3) is 0 Å². The van der Waals surface area contributed by atoms with Gasteiger partial charge in [0.15, 0.2) is 0 Å². The molecule has 1 aromatic carbocycles. The lowest BCUT2D eigenvalue weighted by atomic mass is 9.79. The third-order valence-electron chi connectivity index (χ3n) is 3.85. The largest absolute Gasteiger partial charge is 0.478 e. The third kappa shape index (κ3) is 3.21. The Balaban J connectivity index is 2.71. The van der Waals surface area contributed by atoms with Gasteiger partial charge in [-0.2, -0.15) is 0 Å². The van der Waals surface area contributed by atoms with E-state index in [1.807, 2.05) is 6.92 Å². The van der Waals surface area contributed by atoms with Gasteiger partial charge in [-0.05, 0) is 31.0 Å². The van der Waals surface area contributed by atoms with Gasteiger partial charge in [0.1, 0.15) is 0 Å². The quantitative estimate of drug-likeness (QED) is 0.621. The first-order chi connectivity index (χ1) is 10.9. The topological polar surface area (TPSA) is 113 Å². The van der Waals surface area contributed by atoms with Crippen LogP contribution in [0.4, 0.5) is 5.69 Å². The van der Waals surface area contributed by atoms with Crippen LogP contribution >= 0.6 is 0 Å². The number of dihydropyridines is 1. The molecule has 5 N–H and O–H groups in total. The molecule has 0 saturated heterocycles. The van der Waals surface area contributed by atoms with Crippen molar-refractivity contribution in [3.63, 3.8) is 0 Å². The third-order valence-corrected chi connectivity index (χ3v) is 3.85. The fourth-order valence-electron chi connectivity index (χ4n) is 2.95. The number of benzene rings is 1. The molecule has 2 rings (SSSR count). The molecule has 0 amide bonds. The van der Waals surface area contributed by atoms with E-state index < -0.39 is 17.9 Å². The number of anilines is 1. The summed E-state index contributed by atoms with van der Waals surface area (Å²) < 4.78 is 0. The Morgan fingerprint density at radius 3 is 2.39 bits per heavy atom. The molecule has 0 aromatic heterocycles. The van der Waals surface area contributed by atoms with E-state index in [0.29, 0.717) is 29.1 Å². The molecule has 6 heteroatoms. The number of rotatable bonds is 5. The van der Waals surface area contributed by atoms with Crippen molar-refractivity contribution in [2.75, 3.05) is 5.73 Å². The zero-order valence-corrected chi connectivity index (χ0v) is 13.1. The predicted octanol–water partition coefficient (Wildman–Crippen LogP) is 2.45. The van der Waals surface area contributed by atoms with E-state index in [-0.39, 0.29) is 11.1 Å². The van der Waals surface area contributed by atoms with Crippen LogP contribution in [-0.2, 0) is 9.59 Å². The molecule has 0 aliphatic carbocycles. The minimum Gasteiger partial charge on any atom is -0.478 e. The number of carbonyl (C=O) groups is 2. The Hall–Kier alpha value is -2.76. The molecule has 6 nitrogen and oxygen atoms in total. The molecule has 1 heterocycles. The van der Waals surface area contributed by atoms with Crippen molar-refractivity contribution in [3.05, 3.63) is 52.4 Å². The van der Waals surface area contributed by atoms with E-state index in [4.69, 9.17) is 5.73 Å². The average molecular weight is 316 g/mol. The first kappa shape index (κ1) is 16.6.